The number of hydrogen-bond donors (Lipinski definition) is 1. The van der Waals surface area contributed by atoms with Crippen molar-refractivity contribution in [2.75, 3.05) is 0 Å². The van der Waals surface area contributed by atoms with Gasteiger partial charge in [0, 0.05) is 6.20 Å². The summed E-state index contributed by atoms with van der Waals surface area (Å²) in [4.78, 5) is 9.84. The lowest BCUT2D eigenvalue weighted by Gasteiger charge is -1.91. The maximum Gasteiger partial charge on any atom is 0.240 e. The Hall–Kier alpha value is -1.85. The van der Waals surface area contributed by atoms with E-state index in [-0.39, 0.29) is 5.49 Å². The number of nitrogens with zero attached hydrogens (tertiary/aromatic N) is 3. The third kappa shape index (κ3) is 1.78. The highest BCUT2D eigenvalue weighted by Crippen LogP contribution is 1.76. The topological polar surface area (TPSA) is 80.7 Å². The minimum absolute atomic E-state index is 0.113. The maximum absolute atomic E-state index is 9.84. The molecule has 0 aliphatic carbocycles. The first-order chi connectivity index (χ1) is 5.20. The first-order valence-electron chi connectivity index (χ1n) is 2.76. The Balaban J connectivity index is 3.23. The summed E-state index contributed by atoms with van der Waals surface area (Å²) in [5.41, 5.74) is -0.113. The molecule has 6 heteroatoms. The van der Waals surface area contributed by atoms with Gasteiger partial charge in [-0.05, 0) is 12.1 Å². The lowest BCUT2D eigenvalue weighted by molar-refractivity contribution is -0.491. The van der Waals surface area contributed by atoms with E-state index in [1.807, 2.05) is 0 Å². The Morgan fingerprint density at radius 3 is 2.91 bits per heavy atom. The largest absolute Gasteiger partial charge is 0.427 e. The van der Waals surface area contributed by atoms with Gasteiger partial charge >= 0.3 is 0 Å². The normalized spacial score (nSPS) is 11.5. The molecule has 0 radical (unpaired) electrons. The van der Waals surface area contributed by atoms with Crippen molar-refractivity contribution in [1.29, 1.82) is 0 Å². The summed E-state index contributed by atoms with van der Waals surface area (Å²) in [7, 11) is 0. The molecule has 0 fully saturated rings. The van der Waals surface area contributed by atoms with E-state index in [9.17, 15) is 10.1 Å². The molecule has 6 nitrogen and oxygen atoms in total. The van der Waals surface area contributed by atoms with Crippen LogP contribution < -0.4 is 5.49 Å². The van der Waals surface area contributed by atoms with Crippen LogP contribution in [0, 0.1) is 10.1 Å². The predicted molar refractivity (Wildman–Crippen MR) is 34.2 cm³/mol. The molecule has 0 spiro atoms. The highest BCUT2D eigenvalue weighted by Gasteiger charge is 1.92. The van der Waals surface area contributed by atoms with Gasteiger partial charge in [0.05, 0.1) is 5.10 Å². The number of aromatic nitrogens is 1. The van der Waals surface area contributed by atoms with Crippen LogP contribution in [0.4, 0.5) is 0 Å². The van der Waals surface area contributed by atoms with Crippen molar-refractivity contribution in [1.82, 2.24) is 4.73 Å². The summed E-state index contributed by atoms with van der Waals surface area (Å²) in [6, 6.07) is 4.39. The molecule has 1 aromatic rings. The molecule has 1 aromatic heterocycles. The van der Waals surface area contributed by atoms with Gasteiger partial charge in [-0.3, -0.25) is 0 Å². The third-order valence-electron chi connectivity index (χ3n) is 1.00. The van der Waals surface area contributed by atoms with Crippen LogP contribution >= 0.6 is 0 Å². The zero-order valence-electron chi connectivity index (χ0n) is 5.41. The Morgan fingerprint density at radius 2 is 2.36 bits per heavy atom. The van der Waals surface area contributed by atoms with Gasteiger partial charge in [-0.15, -0.1) is 0 Å². The fraction of sp³-hybridized carbons (Fsp3) is 0. The molecule has 1 N–H and O–H groups in total. The molecular weight excluding hydrogens is 150 g/mol. The number of hydrogen-bond acceptors (Lipinski definition) is 3. The van der Waals surface area contributed by atoms with Crippen molar-refractivity contribution in [3.05, 3.63) is 40.0 Å². The van der Waals surface area contributed by atoms with Crippen LogP contribution in [0.3, 0.4) is 0 Å². The van der Waals surface area contributed by atoms with E-state index in [4.69, 9.17) is 5.21 Å². The molecule has 58 valence electrons. The molecule has 0 amide bonds. The van der Waals surface area contributed by atoms with Gasteiger partial charge in [-0.2, -0.15) is 4.73 Å². The Labute approximate surface area is 61.1 Å². The van der Waals surface area contributed by atoms with Crippen LogP contribution in [0.25, 0.3) is 0 Å². The molecular formula is C5H5N3O3. The van der Waals surface area contributed by atoms with E-state index in [1.54, 1.807) is 0 Å². The van der Waals surface area contributed by atoms with Crippen LogP contribution in [0.15, 0.2) is 29.5 Å². The van der Waals surface area contributed by atoms with E-state index in [0.717, 1.165) is 0 Å². The average Bonchev–Trinajstić information content (AvgIpc) is 1.93. The van der Waals surface area contributed by atoms with E-state index in [0.29, 0.717) is 4.73 Å². The molecule has 1 heterocycles. The fourth-order valence-corrected chi connectivity index (χ4v) is 0.588. The van der Waals surface area contributed by atoms with Crippen molar-refractivity contribution in [3.63, 3.8) is 0 Å². The summed E-state index contributed by atoms with van der Waals surface area (Å²) in [5, 5.41) is 20.7. The lowest BCUT2D eigenvalue weighted by Crippen LogP contribution is -2.18. The molecule has 0 bridgehead atoms. The monoisotopic (exact) mass is 155 g/mol. The van der Waals surface area contributed by atoms with Crippen LogP contribution in [-0.2, 0) is 0 Å². The first kappa shape index (κ1) is 7.26. The Kier molecular flexibility index (Phi) is 1.86. The number of rotatable bonds is 1. The SMILES string of the molecule is O=[N+]([O-])/N=c1\ccccn1O. The zero-order valence-corrected chi connectivity index (χ0v) is 5.41. The van der Waals surface area contributed by atoms with Gasteiger partial charge in [0.25, 0.3) is 0 Å². The van der Waals surface area contributed by atoms with Crippen molar-refractivity contribution in [2.45, 2.75) is 0 Å². The standard InChI is InChI=1S/C5H5N3O3/c9-7-4-2-1-3-5(7)6-8(10)11/h1-4,9H/b6-5+. The summed E-state index contributed by atoms with van der Waals surface area (Å²) in [5.74, 6) is 0. The highest BCUT2D eigenvalue weighted by molar-refractivity contribution is 4.89. The quantitative estimate of drug-likeness (QED) is 0.347. The van der Waals surface area contributed by atoms with Crippen molar-refractivity contribution < 1.29 is 10.2 Å². The lowest BCUT2D eigenvalue weighted by atomic mass is 10.5. The Bertz CT molecular complexity index is 330. The minimum Gasteiger partial charge on any atom is -0.427 e. The second kappa shape index (κ2) is 2.82. The van der Waals surface area contributed by atoms with Gasteiger partial charge in [-0.25, -0.2) is 10.1 Å². The van der Waals surface area contributed by atoms with Crippen LogP contribution in [0.2, 0.25) is 0 Å². The van der Waals surface area contributed by atoms with Gasteiger partial charge in [-0.1, -0.05) is 6.07 Å². The average molecular weight is 155 g/mol. The van der Waals surface area contributed by atoms with Crippen molar-refractivity contribution in [2.24, 2.45) is 5.10 Å². The van der Waals surface area contributed by atoms with Gasteiger partial charge in [0.1, 0.15) is 0 Å². The molecule has 0 saturated carbocycles. The summed E-state index contributed by atoms with van der Waals surface area (Å²) >= 11 is 0. The van der Waals surface area contributed by atoms with Crippen molar-refractivity contribution in [3.8, 4) is 0 Å². The third-order valence-corrected chi connectivity index (χ3v) is 1.00. The predicted octanol–water partition coefficient (Wildman–Crippen LogP) is -0.182. The van der Waals surface area contributed by atoms with Crippen LogP contribution in [0.1, 0.15) is 0 Å². The van der Waals surface area contributed by atoms with E-state index in [2.05, 4.69) is 5.10 Å². The molecule has 0 atom stereocenters. The van der Waals surface area contributed by atoms with Crippen molar-refractivity contribution >= 4 is 0 Å². The molecule has 0 aliphatic rings. The second-order valence-electron chi connectivity index (χ2n) is 1.74. The van der Waals surface area contributed by atoms with E-state index < -0.39 is 5.03 Å². The summed E-state index contributed by atoms with van der Waals surface area (Å²) in [6.07, 6.45) is 1.25. The molecule has 0 aromatic carbocycles. The van der Waals surface area contributed by atoms with Crippen LogP contribution in [-0.4, -0.2) is 15.0 Å². The van der Waals surface area contributed by atoms with E-state index in [1.165, 1.54) is 24.4 Å². The molecule has 11 heavy (non-hydrogen) atoms. The second-order valence-corrected chi connectivity index (χ2v) is 1.74. The smallest absolute Gasteiger partial charge is 0.240 e. The van der Waals surface area contributed by atoms with Gasteiger partial charge in [0.15, 0.2) is 5.03 Å². The summed E-state index contributed by atoms with van der Waals surface area (Å²) < 4.78 is 0.572. The van der Waals surface area contributed by atoms with Gasteiger partial charge < -0.3 is 5.21 Å². The number of nitro groups is 1. The van der Waals surface area contributed by atoms with Crippen LogP contribution in [0.5, 0.6) is 0 Å². The van der Waals surface area contributed by atoms with Gasteiger partial charge in [0.2, 0.25) is 5.49 Å². The molecule has 0 saturated heterocycles. The highest BCUT2D eigenvalue weighted by atomic mass is 16.7. The van der Waals surface area contributed by atoms with E-state index >= 15 is 0 Å². The fourth-order valence-electron chi connectivity index (χ4n) is 0.588. The molecule has 1 rings (SSSR count). The maximum atomic E-state index is 9.84. The minimum atomic E-state index is -0.873. The Morgan fingerprint density at radius 1 is 1.64 bits per heavy atom. The zero-order chi connectivity index (χ0) is 8.27. The molecule has 0 unspecified atom stereocenters. The summed E-state index contributed by atoms with van der Waals surface area (Å²) in [6.45, 7) is 0. The first-order valence-corrected chi connectivity index (χ1v) is 2.76. The molecule has 0 aliphatic heterocycles. The number of pyridine rings is 1.